The van der Waals surface area contributed by atoms with Crippen LogP contribution in [0.3, 0.4) is 0 Å². The molecule has 2 aromatic heterocycles. The van der Waals surface area contributed by atoms with Crippen LogP contribution >= 0.6 is 0 Å². The number of carboxylic acids is 1. The van der Waals surface area contributed by atoms with E-state index in [2.05, 4.69) is 17.0 Å². The molecule has 0 radical (unpaired) electrons. The van der Waals surface area contributed by atoms with E-state index in [0.29, 0.717) is 19.7 Å². The normalized spacial score (nSPS) is 15.8. The van der Waals surface area contributed by atoms with Crippen LogP contribution in [0.5, 0.6) is 5.75 Å². The van der Waals surface area contributed by atoms with Crippen molar-refractivity contribution in [2.45, 2.75) is 6.61 Å². The smallest absolute Gasteiger partial charge is 0.310 e. The number of carbonyl (C=O) groups is 1. The number of pyridine rings is 2. The largest absolute Gasteiger partial charge is 0.488 e. The van der Waals surface area contributed by atoms with Crippen molar-refractivity contribution in [2.24, 2.45) is 13.0 Å². The molecule has 0 amide bonds. The molecule has 1 N–H and O–H groups in total. The third-order valence-electron chi connectivity index (χ3n) is 5.18. The van der Waals surface area contributed by atoms with Gasteiger partial charge in [0.15, 0.2) is 12.4 Å². The molecular formula is C20H18N3O3+. The predicted molar refractivity (Wildman–Crippen MR) is 96.0 cm³/mol. The van der Waals surface area contributed by atoms with Crippen molar-refractivity contribution in [3.05, 3.63) is 48.3 Å². The van der Waals surface area contributed by atoms with Crippen LogP contribution in [0.15, 0.2) is 42.7 Å². The molecule has 0 saturated carbocycles. The van der Waals surface area contributed by atoms with E-state index in [-0.39, 0.29) is 5.92 Å². The number of carboxylic acid groups (broad SMARTS) is 1. The maximum Gasteiger partial charge on any atom is 0.310 e. The van der Waals surface area contributed by atoms with Crippen LogP contribution < -0.4 is 14.2 Å². The quantitative estimate of drug-likeness (QED) is 0.719. The molecule has 0 unspecified atom stereocenters. The third kappa shape index (κ3) is 2.29. The molecule has 5 rings (SSSR count). The van der Waals surface area contributed by atoms with Crippen molar-refractivity contribution in [1.82, 2.24) is 4.98 Å². The molecule has 3 aromatic rings. The van der Waals surface area contributed by atoms with Crippen LogP contribution in [-0.4, -0.2) is 29.1 Å². The molecule has 1 saturated heterocycles. The van der Waals surface area contributed by atoms with E-state index in [1.165, 1.54) is 0 Å². The zero-order chi connectivity index (χ0) is 17.8. The summed E-state index contributed by atoms with van der Waals surface area (Å²) < 4.78 is 7.96. The molecule has 130 valence electrons. The van der Waals surface area contributed by atoms with Crippen molar-refractivity contribution in [3.8, 4) is 17.0 Å². The van der Waals surface area contributed by atoms with Crippen LogP contribution in [0.25, 0.3) is 22.2 Å². The Labute approximate surface area is 150 Å². The van der Waals surface area contributed by atoms with Gasteiger partial charge >= 0.3 is 5.97 Å². The highest BCUT2D eigenvalue weighted by Gasteiger charge is 2.33. The molecule has 6 nitrogen and oxygen atoms in total. The maximum atomic E-state index is 11.0. The second-order valence-electron chi connectivity index (χ2n) is 6.99. The Hall–Kier alpha value is -3.15. The number of anilines is 1. The van der Waals surface area contributed by atoms with Crippen molar-refractivity contribution >= 4 is 22.6 Å². The number of aryl methyl sites for hydroxylation is 1. The highest BCUT2D eigenvalue weighted by atomic mass is 16.5. The van der Waals surface area contributed by atoms with Crippen molar-refractivity contribution < 1.29 is 19.2 Å². The molecule has 2 aliphatic heterocycles. The number of benzene rings is 1. The van der Waals surface area contributed by atoms with Crippen molar-refractivity contribution in [2.75, 3.05) is 18.0 Å². The predicted octanol–water partition coefficient (Wildman–Crippen LogP) is 2.14. The fraction of sp³-hybridized carbons (Fsp3) is 0.250. The highest BCUT2D eigenvalue weighted by Crippen LogP contribution is 2.40. The zero-order valence-corrected chi connectivity index (χ0v) is 14.3. The summed E-state index contributed by atoms with van der Waals surface area (Å²) in [6.07, 6.45) is 4.03. The Kier molecular flexibility index (Phi) is 3.16. The second-order valence-corrected chi connectivity index (χ2v) is 6.99. The Bertz CT molecular complexity index is 1060. The van der Waals surface area contributed by atoms with Gasteiger partial charge in [-0.15, -0.1) is 0 Å². The number of ether oxygens (including phenoxy) is 1. The summed E-state index contributed by atoms with van der Waals surface area (Å²) in [5, 5.41) is 10.1. The summed E-state index contributed by atoms with van der Waals surface area (Å²) in [6.45, 7) is 1.59. The first-order valence-electron chi connectivity index (χ1n) is 8.62. The van der Waals surface area contributed by atoms with Gasteiger partial charge in [0.2, 0.25) is 0 Å². The molecule has 0 aliphatic carbocycles. The van der Waals surface area contributed by atoms with Gasteiger partial charge < -0.3 is 14.7 Å². The Morgan fingerprint density at radius 1 is 1.31 bits per heavy atom. The number of aromatic nitrogens is 2. The summed E-state index contributed by atoms with van der Waals surface area (Å²) >= 11 is 0. The first-order chi connectivity index (χ1) is 12.6. The van der Waals surface area contributed by atoms with Crippen molar-refractivity contribution in [3.63, 3.8) is 0 Å². The van der Waals surface area contributed by atoms with Crippen LogP contribution in [0.2, 0.25) is 0 Å². The van der Waals surface area contributed by atoms with E-state index in [9.17, 15) is 4.79 Å². The lowest BCUT2D eigenvalue weighted by atomic mass is 9.97. The van der Waals surface area contributed by atoms with Gasteiger partial charge in [-0.1, -0.05) is 0 Å². The monoisotopic (exact) mass is 348 g/mol. The Morgan fingerprint density at radius 2 is 2.15 bits per heavy atom. The SMILES string of the molecule is C[n+]1ccc2cc3c(nc2c1)-c1ccc(N2CC(C(=O)O)C2)cc1OC3. The average molecular weight is 348 g/mol. The first kappa shape index (κ1) is 15.1. The van der Waals surface area contributed by atoms with Gasteiger partial charge in [0.05, 0.1) is 11.6 Å². The van der Waals surface area contributed by atoms with E-state index in [4.69, 9.17) is 14.8 Å². The van der Waals surface area contributed by atoms with Crippen LogP contribution in [-0.2, 0) is 18.4 Å². The Balaban J connectivity index is 1.53. The van der Waals surface area contributed by atoms with Gasteiger partial charge in [0.25, 0.3) is 0 Å². The summed E-state index contributed by atoms with van der Waals surface area (Å²) in [4.78, 5) is 17.9. The topological polar surface area (TPSA) is 66.5 Å². The van der Waals surface area contributed by atoms with E-state index in [1.807, 2.05) is 42.2 Å². The first-order valence-corrected chi connectivity index (χ1v) is 8.62. The van der Waals surface area contributed by atoms with Crippen LogP contribution in [0.4, 0.5) is 5.69 Å². The lowest BCUT2D eigenvalue weighted by Crippen LogP contribution is -2.50. The van der Waals surface area contributed by atoms with Gasteiger partial charge in [-0.3, -0.25) is 4.79 Å². The summed E-state index contributed by atoms with van der Waals surface area (Å²) in [5.41, 5.74) is 4.98. The minimum atomic E-state index is -0.728. The molecule has 6 heteroatoms. The van der Waals surface area contributed by atoms with E-state index in [0.717, 1.165) is 39.2 Å². The molecule has 0 spiro atoms. The highest BCUT2D eigenvalue weighted by molar-refractivity contribution is 5.85. The summed E-state index contributed by atoms with van der Waals surface area (Å²) in [6, 6.07) is 10.2. The molecule has 1 fully saturated rings. The van der Waals surface area contributed by atoms with Crippen molar-refractivity contribution in [1.29, 1.82) is 0 Å². The number of fused-ring (bicyclic) bond motifs is 4. The number of nitrogens with zero attached hydrogens (tertiary/aromatic N) is 3. The summed E-state index contributed by atoms with van der Waals surface area (Å²) in [7, 11) is 1.99. The fourth-order valence-electron chi connectivity index (χ4n) is 3.62. The number of hydrogen-bond acceptors (Lipinski definition) is 4. The molecule has 1 aromatic carbocycles. The average Bonchev–Trinajstić information content (AvgIpc) is 2.58. The van der Waals surface area contributed by atoms with Gasteiger partial charge in [-0.05, 0) is 18.2 Å². The molecule has 0 atom stereocenters. The standard InChI is InChI=1S/C20H17N3O3/c1-22-5-4-12-6-13-11-26-18-7-15(23-8-14(9-23)20(24)25)2-3-16(18)19(13)21-17(12)10-22/h2-7,10,14H,8-9,11H2,1H3/p+1. The van der Waals surface area contributed by atoms with Crippen LogP contribution in [0.1, 0.15) is 5.56 Å². The lowest BCUT2D eigenvalue weighted by molar-refractivity contribution is -0.670. The minimum absolute atomic E-state index is 0.276. The van der Waals surface area contributed by atoms with Gasteiger partial charge in [0, 0.05) is 47.4 Å². The molecule has 0 bridgehead atoms. The second kappa shape index (κ2) is 5.42. The maximum absolute atomic E-state index is 11.0. The number of aliphatic carboxylic acids is 1. The van der Waals surface area contributed by atoms with Gasteiger partial charge in [-0.2, -0.15) is 0 Å². The van der Waals surface area contributed by atoms with Gasteiger partial charge in [-0.25, -0.2) is 9.55 Å². The van der Waals surface area contributed by atoms with E-state index >= 15 is 0 Å². The zero-order valence-electron chi connectivity index (χ0n) is 14.3. The third-order valence-corrected chi connectivity index (χ3v) is 5.18. The lowest BCUT2D eigenvalue weighted by Gasteiger charge is -2.39. The molecule has 4 heterocycles. The molecular weight excluding hydrogens is 330 g/mol. The van der Waals surface area contributed by atoms with E-state index in [1.54, 1.807) is 0 Å². The number of hydrogen-bond donors (Lipinski definition) is 1. The fourth-order valence-corrected chi connectivity index (χ4v) is 3.62. The number of rotatable bonds is 2. The molecule has 26 heavy (non-hydrogen) atoms. The molecule has 2 aliphatic rings. The van der Waals surface area contributed by atoms with Gasteiger partial charge in [0.1, 0.15) is 24.9 Å². The van der Waals surface area contributed by atoms with E-state index < -0.39 is 5.97 Å². The van der Waals surface area contributed by atoms with Crippen LogP contribution in [0, 0.1) is 5.92 Å². The summed E-state index contributed by atoms with van der Waals surface area (Å²) in [5.74, 6) is -0.198. The Morgan fingerprint density at radius 3 is 2.96 bits per heavy atom. The minimum Gasteiger partial charge on any atom is -0.488 e.